The molecule has 1 aromatic carbocycles. The zero-order valence-corrected chi connectivity index (χ0v) is 13.5. The minimum absolute atomic E-state index is 0.124. The summed E-state index contributed by atoms with van der Waals surface area (Å²) in [7, 11) is 0. The number of nitrogens with one attached hydrogen (secondary N) is 2. The molecule has 0 bridgehead atoms. The number of rotatable bonds is 7. The summed E-state index contributed by atoms with van der Waals surface area (Å²) in [5.74, 6) is 0.501. The van der Waals surface area contributed by atoms with E-state index in [0.717, 1.165) is 23.3 Å². The molecule has 0 spiro atoms. The Balaban J connectivity index is 2.66. The summed E-state index contributed by atoms with van der Waals surface area (Å²) in [5.41, 5.74) is 12.7. The van der Waals surface area contributed by atoms with E-state index in [1.54, 1.807) is 6.92 Å². The predicted molar refractivity (Wildman–Crippen MR) is 92.3 cm³/mol. The number of thioether (sulfide) groups is 2. The number of aryl methyl sites for hydroxylation is 1. The van der Waals surface area contributed by atoms with Gasteiger partial charge in [-0.2, -0.15) is 0 Å². The van der Waals surface area contributed by atoms with E-state index >= 15 is 0 Å². The quantitative estimate of drug-likeness (QED) is 0.454. The zero-order chi connectivity index (χ0) is 15.8. The third-order valence-corrected chi connectivity index (χ3v) is 4.49. The molecule has 7 heteroatoms. The summed E-state index contributed by atoms with van der Waals surface area (Å²) in [6.07, 6.45) is 0.820. The van der Waals surface area contributed by atoms with Crippen molar-refractivity contribution in [3.8, 4) is 0 Å². The highest BCUT2D eigenvalue weighted by molar-refractivity contribution is 8.14. The molecule has 0 saturated carbocycles. The van der Waals surface area contributed by atoms with Crippen molar-refractivity contribution in [2.45, 2.75) is 19.3 Å². The van der Waals surface area contributed by atoms with Crippen molar-refractivity contribution in [2.75, 3.05) is 11.5 Å². The van der Waals surface area contributed by atoms with Crippen LogP contribution in [0.25, 0.3) is 0 Å². The van der Waals surface area contributed by atoms with Crippen LogP contribution in [0.3, 0.4) is 0 Å². The van der Waals surface area contributed by atoms with E-state index in [4.69, 9.17) is 22.3 Å². The Morgan fingerprint density at radius 2 is 1.81 bits per heavy atom. The number of carbonyl (C=O) groups is 1. The van der Waals surface area contributed by atoms with Gasteiger partial charge in [-0.25, -0.2) is 0 Å². The smallest absolute Gasteiger partial charge is 0.225 e. The van der Waals surface area contributed by atoms with E-state index in [9.17, 15) is 4.79 Å². The van der Waals surface area contributed by atoms with Gasteiger partial charge in [-0.1, -0.05) is 36.0 Å². The lowest BCUT2D eigenvalue weighted by Crippen LogP contribution is -2.23. The van der Waals surface area contributed by atoms with Crippen molar-refractivity contribution in [1.29, 1.82) is 10.8 Å². The number of amides is 1. The molecule has 0 aromatic heterocycles. The van der Waals surface area contributed by atoms with Crippen LogP contribution in [-0.2, 0) is 11.2 Å². The molecule has 1 rings (SSSR count). The molecule has 1 atom stereocenters. The minimum atomic E-state index is -0.379. The van der Waals surface area contributed by atoms with Gasteiger partial charge < -0.3 is 11.5 Å². The van der Waals surface area contributed by atoms with Gasteiger partial charge in [0, 0.05) is 11.5 Å². The SMILES string of the molecule is CC(=N)SC[C@H](C(N)=O)c1ccc(CCSC(=N)N)cc1. The molecule has 6 N–H and O–H groups in total. The first kappa shape index (κ1) is 17.6. The number of hydrogen-bond acceptors (Lipinski definition) is 5. The molecule has 0 aliphatic carbocycles. The molecular weight excluding hydrogens is 304 g/mol. The fraction of sp³-hybridized carbons (Fsp3) is 0.357. The Kier molecular flexibility index (Phi) is 7.31. The lowest BCUT2D eigenvalue weighted by Gasteiger charge is -2.13. The van der Waals surface area contributed by atoms with Crippen LogP contribution in [0, 0.1) is 10.8 Å². The first-order chi connectivity index (χ1) is 9.90. The lowest BCUT2D eigenvalue weighted by atomic mass is 9.98. The van der Waals surface area contributed by atoms with Gasteiger partial charge in [0.05, 0.1) is 11.0 Å². The molecule has 21 heavy (non-hydrogen) atoms. The number of primary amides is 1. The summed E-state index contributed by atoms with van der Waals surface area (Å²) in [6.45, 7) is 1.69. The molecular formula is C14H20N4OS2. The highest BCUT2D eigenvalue weighted by Gasteiger charge is 2.18. The standard InChI is InChI=1S/C14H20N4OS2/c1-9(15)21-8-12(13(16)19)11-4-2-10(3-5-11)6-7-20-14(17)18/h2-5,12,15H,6-8H2,1H3,(H2,16,19)(H3,17,18)/t12-/m0/s1. The largest absolute Gasteiger partial charge is 0.379 e. The van der Waals surface area contributed by atoms with Crippen LogP contribution in [0.5, 0.6) is 0 Å². The van der Waals surface area contributed by atoms with Crippen molar-refractivity contribution in [3.05, 3.63) is 35.4 Å². The molecule has 0 aliphatic rings. The maximum absolute atomic E-state index is 11.5. The van der Waals surface area contributed by atoms with Gasteiger partial charge in [0.2, 0.25) is 5.91 Å². The molecule has 1 amide bonds. The number of hydrogen-bond donors (Lipinski definition) is 4. The Hall–Kier alpha value is -1.47. The average Bonchev–Trinajstić information content (AvgIpc) is 2.39. The van der Waals surface area contributed by atoms with Crippen molar-refractivity contribution >= 4 is 39.6 Å². The van der Waals surface area contributed by atoms with Gasteiger partial charge in [-0.3, -0.25) is 15.6 Å². The van der Waals surface area contributed by atoms with Crippen LogP contribution < -0.4 is 11.5 Å². The summed E-state index contributed by atoms with van der Waals surface area (Å²) in [5, 5.41) is 15.2. The van der Waals surface area contributed by atoms with Crippen molar-refractivity contribution < 1.29 is 4.79 Å². The van der Waals surface area contributed by atoms with Gasteiger partial charge in [0.25, 0.3) is 0 Å². The second-order valence-electron chi connectivity index (χ2n) is 4.53. The molecule has 114 valence electrons. The first-order valence-electron chi connectivity index (χ1n) is 6.43. The average molecular weight is 324 g/mol. The Morgan fingerprint density at radius 3 is 2.29 bits per heavy atom. The second kappa shape index (κ2) is 8.74. The van der Waals surface area contributed by atoms with Crippen LogP contribution in [-0.4, -0.2) is 27.6 Å². The van der Waals surface area contributed by atoms with Gasteiger partial charge >= 0.3 is 0 Å². The Bertz CT molecular complexity index is 516. The summed E-state index contributed by atoms with van der Waals surface area (Å²) in [6, 6.07) is 7.74. The lowest BCUT2D eigenvalue weighted by molar-refractivity contribution is -0.118. The van der Waals surface area contributed by atoms with E-state index < -0.39 is 0 Å². The molecule has 5 nitrogen and oxygen atoms in total. The number of nitrogens with two attached hydrogens (primary N) is 2. The van der Waals surface area contributed by atoms with Crippen molar-refractivity contribution in [1.82, 2.24) is 0 Å². The predicted octanol–water partition coefficient (Wildman–Crippen LogP) is 2.16. The van der Waals surface area contributed by atoms with Gasteiger partial charge in [-0.05, 0) is 24.5 Å². The molecule has 1 aromatic rings. The Morgan fingerprint density at radius 1 is 1.19 bits per heavy atom. The molecule has 0 saturated heterocycles. The molecule has 0 unspecified atom stereocenters. The summed E-state index contributed by atoms with van der Waals surface area (Å²) < 4.78 is 0. The Labute approximate surface area is 133 Å². The fourth-order valence-corrected chi connectivity index (χ4v) is 3.08. The summed E-state index contributed by atoms with van der Waals surface area (Å²) in [4.78, 5) is 11.5. The summed E-state index contributed by atoms with van der Waals surface area (Å²) >= 11 is 2.64. The maximum Gasteiger partial charge on any atom is 0.225 e. The van der Waals surface area contributed by atoms with Crippen LogP contribution in [0.2, 0.25) is 0 Å². The van der Waals surface area contributed by atoms with E-state index in [2.05, 4.69) is 0 Å². The normalized spacial score (nSPS) is 11.9. The fourth-order valence-electron chi connectivity index (χ4n) is 1.75. The minimum Gasteiger partial charge on any atom is -0.379 e. The third-order valence-electron chi connectivity index (χ3n) is 2.84. The van der Waals surface area contributed by atoms with Crippen LogP contribution in [0.1, 0.15) is 24.0 Å². The van der Waals surface area contributed by atoms with E-state index in [-0.39, 0.29) is 17.0 Å². The van der Waals surface area contributed by atoms with Crippen LogP contribution in [0.15, 0.2) is 24.3 Å². The molecule has 0 aliphatic heterocycles. The highest BCUT2D eigenvalue weighted by Crippen LogP contribution is 2.22. The topological polar surface area (TPSA) is 117 Å². The van der Waals surface area contributed by atoms with E-state index in [1.807, 2.05) is 24.3 Å². The van der Waals surface area contributed by atoms with Crippen LogP contribution in [0.4, 0.5) is 0 Å². The monoisotopic (exact) mass is 324 g/mol. The van der Waals surface area contributed by atoms with Crippen molar-refractivity contribution in [2.24, 2.45) is 11.5 Å². The van der Waals surface area contributed by atoms with E-state index in [1.165, 1.54) is 23.5 Å². The maximum atomic E-state index is 11.5. The van der Waals surface area contributed by atoms with Gasteiger partial charge in [0.1, 0.15) is 0 Å². The van der Waals surface area contributed by atoms with E-state index in [0.29, 0.717) is 10.8 Å². The van der Waals surface area contributed by atoms with Gasteiger partial charge in [-0.15, -0.1) is 11.8 Å². The number of benzene rings is 1. The van der Waals surface area contributed by atoms with Crippen LogP contribution >= 0.6 is 23.5 Å². The zero-order valence-electron chi connectivity index (χ0n) is 11.9. The van der Waals surface area contributed by atoms with Crippen molar-refractivity contribution in [3.63, 3.8) is 0 Å². The number of amidine groups is 1. The second-order valence-corrected chi connectivity index (χ2v) is 6.90. The third kappa shape index (κ3) is 6.68. The number of carbonyl (C=O) groups excluding carboxylic acids is 1. The molecule has 0 heterocycles. The molecule has 0 radical (unpaired) electrons. The molecule has 0 fully saturated rings. The highest BCUT2D eigenvalue weighted by atomic mass is 32.2. The van der Waals surface area contributed by atoms with Gasteiger partial charge in [0.15, 0.2) is 5.17 Å². The first-order valence-corrected chi connectivity index (χ1v) is 8.40.